The van der Waals surface area contributed by atoms with Crippen molar-refractivity contribution in [1.29, 1.82) is 0 Å². The zero-order chi connectivity index (χ0) is 18.7. The van der Waals surface area contributed by atoms with Crippen molar-refractivity contribution < 1.29 is 29.3 Å². The number of aliphatic carboxylic acids is 1. The predicted octanol–water partition coefficient (Wildman–Crippen LogP) is -0.710. The van der Waals surface area contributed by atoms with E-state index in [4.69, 9.17) is 14.6 Å². The quantitative estimate of drug-likeness (QED) is 0.566. The van der Waals surface area contributed by atoms with E-state index in [1.54, 1.807) is 6.92 Å². The number of hydrogen-bond acceptors (Lipinski definition) is 7. The summed E-state index contributed by atoms with van der Waals surface area (Å²) in [7, 11) is 0. The van der Waals surface area contributed by atoms with Crippen LogP contribution in [0.2, 0.25) is 0 Å². The van der Waals surface area contributed by atoms with Crippen LogP contribution >= 0.6 is 0 Å². The van der Waals surface area contributed by atoms with Crippen LogP contribution in [0.15, 0.2) is 15.8 Å². The number of rotatable bonds is 6. The number of aryl methyl sites for hydroxylation is 1. The third-order valence-electron chi connectivity index (χ3n) is 3.94. The lowest BCUT2D eigenvalue weighted by Gasteiger charge is -2.20. The van der Waals surface area contributed by atoms with Gasteiger partial charge in [-0.05, 0) is 13.3 Å². The summed E-state index contributed by atoms with van der Waals surface area (Å²) in [5.74, 6) is -1.92. The van der Waals surface area contributed by atoms with Crippen LogP contribution < -0.4 is 11.2 Å². The molecule has 138 valence electrons. The fourth-order valence-corrected chi connectivity index (χ4v) is 2.62. The average Bonchev–Trinajstić information content (AvgIpc) is 2.85. The first-order valence-corrected chi connectivity index (χ1v) is 7.81. The Hall–Kier alpha value is -2.46. The van der Waals surface area contributed by atoms with Gasteiger partial charge in [-0.25, -0.2) is 4.79 Å². The molecule has 0 bridgehead atoms. The fraction of sp³-hybridized carbons (Fsp3) is 0.600. The number of H-pyrrole nitrogens is 1. The molecule has 0 aliphatic carbocycles. The Balaban J connectivity index is 2.20. The van der Waals surface area contributed by atoms with Crippen LogP contribution in [0.1, 0.15) is 38.0 Å². The van der Waals surface area contributed by atoms with E-state index in [0.29, 0.717) is 6.42 Å². The maximum Gasteiger partial charge on any atom is 0.330 e. The molecule has 0 amide bonds. The molecule has 10 heteroatoms. The van der Waals surface area contributed by atoms with Crippen molar-refractivity contribution in [2.45, 2.75) is 57.6 Å². The number of aromatic amines is 1. The summed E-state index contributed by atoms with van der Waals surface area (Å²) in [5.41, 5.74) is -1.05. The summed E-state index contributed by atoms with van der Waals surface area (Å²) in [6.45, 7) is 3.25. The van der Waals surface area contributed by atoms with E-state index in [2.05, 4.69) is 4.98 Å². The highest BCUT2D eigenvalue weighted by Gasteiger charge is 2.46. The van der Waals surface area contributed by atoms with Gasteiger partial charge in [-0.2, -0.15) is 0 Å². The molecule has 1 fully saturated rings. The van der Waals surface area contributed by atoms with Gasteiger partial charge in [0, 0.05) is 11.8 Å². The number of aliphatic hydroxyl groups is 1. The highest BCUT2D eigenvalue weighted by Crippen LogP contribution is 2.32. The zero-order valence-corrected chi connectivity index (χ0v) is 13.8. The van der Waals surface area contributed by atoms with Crippen molar-refractivity contribution in [2.24, 2.45) is 0 Å². The van der Waals surface area contributed by atoms with Gasteiger partial charge < -0.3 is 19.7 Å². The Labute approximate surface area is 142 Å². The molecule has 1 aliphatic rings. The highest BCUT2D eigenvalue weighted by molar-refractivity contribution is 5.76. The number of carboxylic acids is 1. The summed E-state index contributed by atoms with van der Waals surface area (Å²) in [6.07, 6.45) is -3.27. The molecule has 1 aromatic rings. The Kier molecular flexibility index (Phi) is 5.75. The number of nitrogens with zero attached hydrogens (tertiary/aromatic N) is 1. The number of carboxylic acid groups (broad SMARTS) is 1. The molecular weight excluding hydrogens is 336 g/mol. The molecule has 2 heterocycles. The summed E-state index contributed by atoms with van der Waals surface area (Å²) in [4.78, 5) is 47.8. The standard InChI is InChI=1S/C15H20N2O8/c1-3-8-12(25-10(20)5-4-9(18)19)11(21)14(24-8)17-6-7(2)13(22)16-15(17)23/h6,8,11-12,14,21H,3-5H2,1-2H3,(H,18,19)(H,16,22,23)/t8-,11?,12+,14-/m1/s1. The van der Waals surface area contributed by atoms with Crippen LogP contribution in [0, 0.1) is 6.92 Å². The van der Waals surface area contributed by atoms with Crippen molar-refractivity contribution in [3.8, 4) is 0 Å². The number of carbonyl (C=O) groups is 2. The molecule has 0 spiro atoms. The molecule has 2 rings (SSSR count). The molecule has 1 unspecified atom stereocenters. The Morgan fingerprint density at radius 2 is 2.04 bits per heavy atom. The van der Waals surface area contributed by atoms with E-state index in [-0.39, 0.29) is 18.4 Å². The lowest BCUT2D eigenvalue weighted by Crippen LogP contribution is -2.40. The number of ether oxygens (including phenoxy) is 2. The molecule has 1 aromatic heterocycles. The molecule has 0 radical (unpaired) electrons. The van der Waals surface area contributed by atoms with Crippen LogP contribution in [0.3, 0.4) is 0 Å². The summed E-state index contributed by atoms with van der Waals surface area (Å²) < 4.78 is 11.8. The van der Waals surface area contributed by atoms with Crippen LogP contribution in [0.4, 0.5) is 0 Å². The summed E-state index contributed by atoms with van der Waals surface area (Å²) >= 11 is 0. The SMILES string of the molecule is CC[C@H]1O[C@@H](n2cc(C)c(=O)[nH]c2=O)C(O)[C@H]1OC(=O)CCC(=O)O. The smallest absolute Gasteiger partial charge is 0.330 e. The Bertz CT molecular complexity index is 768. The maximum atomic E-state index is 12.0. The Morgan fingerprint density at radius 1 is 1.36 bits per heavy atom. The van der Waals surface area contributed by atoms with Gasteiger partial charge in [0.25, 0.3) is 5.56 Å². The number of esters is 1. The van der Waals surface area contributed by atoms with Crippen LogP contribution in [-0.2, 0) is 19.1 Å². The Morgan fingerprint density at radius 3 is 2.64 bits per heavy atom. The van der Waals surface area contributed by atoms with Crippen LogP contribution in [0.25, 0.3) is 0 Å². The third kappa shape index (κ3) is 4.15. The molecule has 1 saturated heterocycles. The van der Waals surface area contributed by atoms with Gasteiger partial charge in [-0.1, -0.05) is 6.92 Å². The number of carbonyl (C=O) groups excluding carboxylic acids is 1. The van der Waals surface area contributed by atoms with Gasteiger partial charge in [-0.3, -0.25) is 23.9 Å². The highest BCUT2D eigenvalue weighted by atomic mass is 16.6. The first-order chi connectivity index (χ1) is 11.7. The minimum atomic E-state index is -1.35. The van der Waals surface area contributed by atoms with Gasteiger partial charge in [0.2, 0.25) is 0 Å². The second-order valence-electron chi connectivity index (χ2n) is 5.79. The van der Waals surface area contributed by atoms with Crippen LogP contribution in [0.5, 0.6) is 0 Å². The topological polar surface area (TPSA) is 148 Å². The average molecular weight is 356 g/mol. The van der Waals surface area contributed by atoms with Crippen molar-refractivity contribution in [3.63, 3.8) is 0 Å². The van der Waals surface area contributed by atoms with E-state index < -0.39 is 47.7 Å². The van der Waals surface area contributed by atoms with E-state index in [1.165, 1.54) is 13.1 Å². The zero-order valence-electron chi connectivity index (χ0n) is 13.8. The fourth-order valence-electron chi connectivity index (χ4n) is 2.62. The van der Waals surface area contributed by atoms with Crippen molar-refractivity contribution in [1.82, 2.24) is 9.55 Å². The van der Waals surface area contributed by atoms with Gasteiger partial charge >= 0.3 is 17.6 Å². The lowest BCUT2D eigenvalue weighted by atomic mass is 10.1. The number of aromatic nitrogens is 2. The van der Waals surface area contributed by atoms with E-state index in [0.717, 1.165) is 4.57 Å². The monoisotopic (exact) mass is 356 g/mol. The first-order valence-electron chi connectivity index (χ1n) is 7.81. The predicted molar refractivity (Wildman–Crippen MR) is 83.0 cm³/mol. The molecular formula is C15H20N2O8. The number of hydrogen-bond donors (Lipinski definition) is 3. The van der Waals surface area contributed by atoms with Gasteiger partial charge in [0.15, 0.2) is 12.3 Å². The van der Waals surface area contributed by atoms with Crippen molar-refractivity contribution in [2.75, 3.05) is 0 Å². The minimum absolute atomic E-state index is 0.255. The normalized spacial score (nSPS) is 25.7. The second-order valence-corrected chi connectivity index (χ2v) is 5.79. The van der Waals surface area contributed by atoms with Crippen LogP contribution in [-0.4, -0.2) is 50.0 Å². The van der Waals surface area contributed by atoms with Crippen molar-refractivity contribution in [3.05, 3.63) is 32.6 Å². The van der Waals surface area contributed by atoms with E-state index in [9.17, 15) is 24.3 Å². The third-order valence-corrected chi connectivity index (χ3v) is 3.94. The summed E-state index contributed by atoms with van der Waals surface area (Å²) in [6, 6.07) is 0. The van der Waals surface area contributed by atoms with Gasteiger partial charge in [0.1, 0.15) is 6.10 Å². The first kappa shape index (κ1) is 18.9. The molecule has 0 aromatic carbocycles. The van der Waals surface area contributed by atoms with Gasteiger partial charge in [0.05, 0.1) is 18.9 Å². The second kappa shape index (κ2) is 7.62. The lowest BCUT2D eigenvalue weighted by molar-refractivity contribution is -0.157. The maximum absolute atomic E-state index is 12.0. The molecule has 3 N–H and O–H groups in total. The van der Waals surface area contributed by atoms with E-state index >= 15 is 0 Å². The molecule has 1 aliphatic heterocycles. The number of aliphatic hydroxyl groups excluding tert-OH is 1. The van der Waals surface area contributed by atoms with Crippen molar-refractivity contribution >= 4 is 11.9 Å². The molecule has 10 nitrogen and oxygen atoms in total. The largest absolute Gasteiger partial charge is 0.481 e. The molecule has 4 atom stereocenters. The molecule has 25 heavy (non-hydrogen) atoms. The molecule has 0 saturated carbocycles. The van der Waals surface area contributed by atoms with E-state index in [1.807, 2.05) is 0 Å². The minimum Gasteiger partial charge on any atom is -0.481 e. The number of nitrogens with one attached hydrogen (secondary N) is 1. The van der Waals surface area contributed by atoms with Gasteiger partial charge in [-0.15, -0.1) is 0 Å². The summed E-state index contributed by atoms with van der Waals surface area (Å²) in [5, 5.41) is 19.0.